The Labute approximate surface area is 141 Å². The number of carbonyl (C=O) groups excluding carboxylic acids is 3. The predicted octanol–water partition coefficient (Wildman–Crippen LogP) is 0.419. The lowest BCUT2D eigenvalue weighted by atomic mass is 9.78. The van der Waals surface area contributed by atoms with E-state index in [4.69, 9.17) is 0 Å². The molecule has 3 rings (SSSR count). The Hall–Kier alpha value is -2.44. The number of hydrogen-bond acceptors (Lipinski definition) is 4. The Morgan fingerprint density at radius 2 is 2.25 bits per heavy atom. The number of anilines is 1. The van der Waals surface area contributed by atoms with Crippen molar-refractivity contribution >= 4 is 23.4 Å². The Kier molecular flexibility index (Phi) is 4.26. The molecule has 2 saturated heterocycles. The molecule has 128 valence electrons. The minimum atomic E-state index is -0.526. The molecule has 24 heavy (non-hydrogen) atoms. The van der Waals surface area contributed by atoms with Crippen LogP contribution in [0.5, 0.6) is 0 Å². The lowest BCUT2D eigenvalue weighted by Crippen LogP contribution is -2.42. The van der Waals surface area contributed by atoms with Crippen molar-refractivity contribution in [3.8, 4) is 0 Å². The van der Waals surface area contributed by atoms with Crippen molar-refractivity contribution in [2.45, 2.75) is 20.3 Å². The molecule has 0 saturated carbocycles. The maximum atomic E-state index is 13.1. The summed E-state index contributed by atoms with van der Waals surface area (Å²) in [6.45, 7) is 5.00. The molecule has 0 radical (unpaired) electrons. The van der Waals surface area contributed by atoms with Crippen LogP contribution in [0.2, 0.25) is 0 Å². The van der Waals surface area contributed by atoms with Crippen molar-refractivity contribution in [1.82, 2.24) is 15.2 Å². The molecule has 3 amide bonds. The highest BCUT2D eigenvalue weighted by atomic mass is 16.2. The van der Waals surface area contributed by atoms with E-state index in [0.717, 1.165) is 12.1 Å². The summed E-state index contributed by atoms with van der Waals surface area (Å²) in [6.07, 6.45) is 4.10. The second-order valence-electron chi connectivity index (χ2n) is 6.66. The van der Waals surface area contributed by atoms with Gasteiger partial charge in [-0.3, -0.25) is 19.4 Å². The highest BCUT2D eigenvalue weighted by molar-refractivity contribution is 6.01. The van der Waals surface area contributed by atoms with Gasteiger partial charge in [-0.25, -0.2) is 0 Å². The lowest BCUT2D eigenvalue weighted by Gasteiger charge is -2.26. The van der Waals surface area contributed by atoms with Gasteiger partial charge in [-0.05, 0) is 24.5 Å². The van der Waals surface area contributed by atoms with Crippen LogP contribution in [-0.4, -0.2) is 53.8 Å². The summed E-state index contributed by atoms with van der Waals surface area (Å²) in [4.78, 5) is 43.9. The average molecular weight is 330 g/mol. The summed E-state index contributed by atoms with van der Waals surface area (Å²) in [5, 5.41) is 2.53. The number of hydrogen-bond donors (Lipinski definition) is 1. The van der Waals surface area contributed by atoms with Crippen molar-refractivity contribution in [2.24, 2.45) is 11.3 Å². The van der Waals surface area contributed by atoms with E-state index in [1.165, 1.54) is 6.92 Å². The zero-order valence-electron chi connectivity index (χ0n) is 14.0. The summed E-state index contributed by atoms with van der Waals surface area (Å²) in [6, 6.07) is 3.69. The van der Waals surface area contributed by atoms with Crippen LogP contribution in [0.25, 0.3) is 0 Å². The first kappa shape index (κ1) is 16.4. The van der Waals surface area contributed by atoms with Crippen molar-refractivity contribution in [1.29, 1.82) is 0 Å². The van der Waals surface area contributed by atoms with E-state index in [0.29, 0.717) is 19.6 Å². The molecule has 0 bridgehead atoms. The lowest BCUT2D eigenvalue weighted by molar-refractivity contribution is -0.132. The summed E-state index contributed by atoms with van der Waals surface area (Å²) in [5.74, 6) is -0.211. The van der Waals surface area contributed by atoms with Gasteiger partial charge in [0.15, 0.2) is 0 Å². The van der Waals surface area contributed by atoms with Crippen LogP contribution in [0.4, 0.5) is 5.69 Å². The van der Waals surface area contributed by atoms with Crippen molar-refractivity contribution in [2.75, 3.05) is 31.1 Å². The number of likely N-dealkylation sites (tertiary alicyclic amines) is 1. The molecule has 2 aliphatic rings. The Morgan fingerprint density at radius 3 is 2.92 bits per heavy atom. The number of amides is 3. The fraction of sp³-hybridized carbons (Fsp3) is 0.529. The van der Waals surface area contributed by atoms with Gasteiger partial charge < -0.3 is 15.1 Å². The van der Waals surface area contributed by atoms with E-state index in [2.05, 4.69) is 10.3 Å². The monoisotopic (exact) mass is 330 g/mol. The Morgan fingerprint density at radius 1 is 1.46 bits per heavy atom. The summed E-state index contributed by atoms with van der Waals surface area (Å²) >= 11 is 0. The second-order valence-corrected chi connectivity index (χ2v) is 6.66. The van der Waals surface area contributed by atoms with Crippen molar-refractivity contribution in [3.05, 3.63) is 24.5 Å². The molecule has 3 heterocycles. The van der Waals surface area contributed by atoms with E-state index in [9.17, 15) is 14.4 Å². The number of nitrogens with one attached hydrogen (secondary N) is 1. The summed E-state index contributed by atoms with van der Waals surface area (Å²) in [5.41, 5.74) is 0.274. The Bertz CT molecular complexity index is 663. The SMILES string of the molecule is CC(=O)NCC(=O)N1C[C@H](C)[C@]2(CCN(c3cccnc3)C2=O)C1. The number of rotatable bonds is 3. The highest BCUT2D eigenvalue weighted by Gasteiger charge is 2.56. The largest absolute Gasteiger partial charge is 0.347 e. The fourth-order valence-corrected chi connectivity index (χ4v) is 3.72. The highest BCUT2D eigenvalue weighted by Crippen LogP contribution is 2.45. The first-order valence-corrected chi connectivity index (χ1v) is 8.18. The fourth-order valence-electron chi connectivity index (χ4n) is 3.72. The van der Waals surface area contributed by atoms with Gasteiger partial charge in [0.05, 0.1) is 23.8 Å². The molecule has 2 aliphatic heterocycles. The molecular weight excluding hydrogens is 308 g/mol. The molecule has 7 nitrogen and oxygen atoms in total. The first-order chi connectivity index (χ1) is 11.4. The second kappa shape index (κ2) is 6.22. The van der Waals surface area contributed by atoms with E-state index < -0.39 is 5.41 Å². The van der Waals surface area contributed by atoms with Crippen molar-refractivity contribution < 1.29 is 14.4 Å². The van der Waals surface area contributed by atoms with Gasteiger partial charge in [-0.1, -0.05) is 6.92 Å². The van der Waals surface area contributed by atoms with Crippen LogP contribution in [0.1, 0.15) is 20.3 Å². The zero-order chi connectivity index (χ0) is 17.3. The summed E-state index contributed by atoms with van der Waals surface area (Å²) < 4.78 is 0. The first-order valence-electron chi connectivity index (χ1n) is 8.18. The number of pyridine rings is 1. The van der Waals surface area contributed by atoms with E-state index in [-0.39, 0.29) is 30.2 Å². The minimum Gasteiger partial charge on any atom is -0.347 e. The molecule has 0 unspecified atom stereocenters. The van der Waals surface area contributed by atoms with Crippen LogP contribution < -0.4 is 10.2 Å². The van der Waals surface area contributed by atoms with Gasteiger partial charge in [0.2, 0.25) is 17.7 Å². The number of aromatic nitrogens is 1. The van der Waals surface area contributed by atoms with Gasteiger partial charge in [0.1, 0.15) is 0 Å². The van der Waals surface area contributed by atoms with E-state index in [1.807, 2.05) is 19.1 Å². The normalized spacial score (nSPS) is 26.2. The predicted molar refractivity (Wildman–Crippen MR) is 88.1 cm³/mol. The molecule has 1 aromatic rings. The van der Waals surface area contributed by atoms with Crippen LogP contribution in [0.15, 0.2) is 24.5 Å². The van der Waals surface area contributed by atoms with E-state index >= 15 is 0 Å². The van der Waals surface area contributed by atoms with Crippen molar-refractivity contribution in [3.63, 3.8) is 0 Å². The zero-order valence-corrected chi connectivity index (χ0v) is 14.0. The molecule has 2 atom stereocenters. The number of nitrogens with zero attached hydrogens (tertiary/aromatic N) is 3. The van der Waals surface area contributed by atoms with Gasteiger partial charge in [-0.15, -0.1) is 0 Å². The Balaban J connectivity index is 1.73. The minimum absolute atomic E-state index is 0.0152. The van der Waals surface area contributed by atoms with Crippen LogP contribution in [0, 0.1) is 11.3 Å². The third kappa shape index (κ3) is 2.74. The molecule has 1 N–H and O–H groups in total. The molecule has 1 aromatic heterocycles. The third-order valence-electron chi connectivity index (χ3n) is 5.16. The van der Waals surface area contributed by atoms with Gasteiger partial charge in [-0.2, -0.15) is 0 Å². The van der Waals surface area contributed by atoms with E-state index in [1.54, 1.807) is 22.2 Å². The smallest absolute Gasteiger partial charge is 0.242 e. The summed E-state index contributed by atoms with van der Waals surface area (Å²) in [7, 11) is 0. The molecule has 7 heteroatoms. The van der Waals surface area contributed by atoms with Gasteiger partial charge >= 0.3 is 0 Å². The van der Waals surface area contributed by atoms with Gasteiger partial charge in [0.25, 0.3) is 0 Å². The van der Waals surface area contributed by atoms with Crippen LogP contribution in [0.3, 0.4) is 0 Å². The van der Waals surface area contributed by atoms with Gasteiger partial charge in [0, 0.05) is 32.8 Å². The topological polar surface area (TPSA) is 82.6 Å². The van der Waals surface area contributed by atoms with Crippen LogP contribution >= 0.6 is 0 Å². The van der Waals surface area contributed by atoms with Crippen LogP contribution in [-0.2, 0) is 14.4 Å². The molecule has 1 spiro atoms. The molecule has 0 aromatic carbocycles. The average Bonchev–Trinajstić information content (AvgIpc) is 3.08. The molecule has 0 aliphatic carbocycles. The third-order valence-corrected chi connectivity index (χ3v) is 5.16. The molecular formula is C17H22N4O3. The maximum absolute atomic E-state index is 13.1. The maximum Gasteiger partial charge on any atom is 0.242 e. The number of carbonyl (C=O) groups is 3. The standard InChI is InChI=1S/C17H22N4O3/c1-12-10-20(15(23)9-19-13(2)22)11-17(12)5-7-21(16(17)24)14-4-3-6-18-8-14/h3-4,6,8,12H,5,7,9-11H2,1-2H3,(H,19,22)/t12-,17-/m0/s1. The molecule has 2 fully saturated rings. The quantitative estimate of drug-likeness (QED) is 0.871.